The molecule has 0 saturated carbocycles. The van der Waals surface area contributed by atoms with E-state index in [9.17, 15) is 13.2 Å². The molecular weight excluding hydrogens is 408 g/mol. The second-order valence-electron chi connectivity index (χ2n) is 7.04. The van der Waals surface area contributed by atoms with Crippen molar-refractivity contribution in [3.8, 4) is 11.1 Å². The van der Waals surface area contributed by atoms with Crippen LogP contribution < -0.4 is 9.62 Å². The molecule has 3 aromatic rings. The van der Waals surface area contributed by atoms with Crippen molar-refractivity contribution in [2.75, 3.05) is 16.2 Å². The molecule has 5 nitrogen and oxygen atoms in total. The number of halogens is 1. The molecule has 0 unspecified atom stereocenters. The number of fused-ring (bicyclic) bond motifs is 3. The van der Waals surface area contributed by atoms with Gasteiger partial charge in [-0.05, 0) is 49.7 Å². The summed E-state index contributed by atoms with van der Waals surface area (Å²) in [5, 5.41) is 3.32. The highest BCUT2D eigenvalue weighted by atomic mass is 35.5. The van der Waals surface area contributed by atoms with Gasteiger partial charge < -0.3 is 5.32 Å². The van der Waals surface area contributed by atoms with E-state index in [1.165, 1.54) is 0 Å². The van der Waals surface area contributed by atoms with Crippen molar-refractivity contribution in [1.29, 1.82) is 0 Å². The van der Waals surface area contributed by atoms with Crippen LogP contribution >= 0.6 is 11.6 Å². The summed E-state index contributed by atoms with van der Waals surface area (Å²) in [5.74, 6) is -0.416. The van der Waals surface area contributed by atoms with Crippen molar-refractivity contribution in [3.63, 3.8) is 0 Å². The zero-order valence-electron chi connectivity index (χ0n) is 15.9. The molecule has 1 aliphatic heterocycles. The van der Waals surface area contributed by atoms with Gasteiger partial charge in [0.25, 0.3) is 10.0 Å². The second kappa shape index (κ2) is 7.21. The van der Waals surface area contributed by atoms with E-state index < -0.39 is 15.9 Å². The van der Waals surface area contributed by atoms with Gasteiger partial charge in [0.05, 0.1) is 10.6 Å². The van der Waals surface area contributed by atoms with Gasteiger partial charge in [-0.2, -0.15) is 0 Å². The van der Waals surface area contributed by atoms with E-state index in [-0.39, 0.29) is 11.4 Å². The van der Waals surface area contributed by atoms with Crippen LogP contribution in [-0.4, -0.2) is 20.9 Å². The van der Waals surface area contributed by atoms with Crippen molar-refractivity contribution in [1.82, 2.24) is 0 Å². The quantitative estimate of drug-likeness (QED) is 0.655. The summed E-state index contributed by atoms with van der Waals surface area (Å²) < 4.78 is 27.7. The molecule has 0 spiro atoms. The van der Waals surface area contributed by atoms with Crippen molar-refractivity contribution >= 4 is 38.9 Å². The lowest BCUT2D eigenvalue weighted by Crippen LogP contribution is -2.40. The average Bonchev–Trinajstić information content (AvgIpc) is 2.68. The van der Waals surface area contributed by atoms with Crippen LogP contribution in [0.25, 0.3) is 11.1 Å². The minimum absolute atomic E-state index is 0.161. The Bertz CT molecular complexity index is 1240. The monoisotopic (exact) mass is 426 g/mol. The summed E-state index contributed by atoms with van der Waals surface area (Å²) in [6, 6.07) is 17.4. The molecule has 1 N–H and O–H groups in total. The lowest BCUT2D eigenvalue weighted by Gasteiger charge is -2.31. The number of anilines is 2. The first-order valence-corrected chi connectivity index (χ1v) is 10.9. The second-order valence-corrected chi connectivity index (χ2v) is 9.30. The van der Waals surface area contributed by atoms with Gasteiger partial charge in [0.2, 0.25) is 5.91 Å². The third-order valence-corrected chi connectivity index (χ3v) is 6.97. The molecule has 1 aliphatic rings. The number of hydrogen-bond acceptors (Lipinski definition) is 3. The SMILES string of the molecule is Cc1ccc(NC(=O)CN2c3ccc(Cl)cc3-c3ccccc3S2(=O)=O)c(C)c1. The summed E-state index contributed by atoms with van der Waals surface area (Å²) in [6.45, 7) is 3.53. The smallest absolute Gasteiger partial charge is 0.265 e. The summed E-state index contributed by atoms with van der Waals surface area (Å²) in [6.07, 6.45) is 0. The Morgan fingerprint density at radius 1 is 1.00 bits per heavy atom. The molecule has 0 radical (unpaired) electrons. The van der Waals surface area contributed by atoms with E-state index in [1.54, 1.807) is 42.5 Å². The number of rotatable bonds is 3. The topological polar surface area (TPSA) is 66.5 Å². The molecule has 1 heterocycles. The molecule has 0 aliphatic carbocycles. The molecule has 4 rings (SSSR count). The molecule has 7 heteroatoms. The third kappa shape index (κ3) is 3.50. The Kier molecular flexibility index (Phi) is 4.84. The Labute approximate surface area is 175 Å². The largest absolute Gasteiger partial charge is 0.324 e. The van der Waals surface area contributed by atoms with Crippen molar-refractivity contribution in [2.24, 2.45) is 0 Å². The van der Waals surface area contributed by atoms with Gasteiger partial charge in [-0.25, -0.2) is 8.42 Å². The van der Waals surface area contributed by atoms with Crippen LogP contribution in [-0.2, 0) is 14.8 Å². The minimum Gasteiger partial charge on any atom is -0.324 e. The van der Waals surface area contributed by atoms with Gasteiger partial charge in [-0.3, -0.25) is 9.10 Å². The molecule has 0 aromatic heterocycles. The highest BCUT2D eigenvalue weighted by Gasteiger charge is 2.36. The van der Waals surface area contributed by atoms with E-state index in [0.717, 1.165) is 15.4 Å². The number of nitrogens with one attached hydrogen (secondary N) is 1. The molecular formula is C22H19ClN2O3S. The Morgan fingerprint density at radius 2 is 1.76 bits per heavy atom. The first kappa shape index (κ1) is 19.5. The van der Waals surface area contributed by atoms with Gasteiger partial charge >= 0.3 is 0 Å². The van der Waals surface area contributed by atoms with Crippen LogP contribution in [0.1, 0.15) is 11.1 Å². The van der Waals surface area contributed by atoms with Gasteiger partial charge in [0.15, 0.2) is 0 Å². The number of hydrogen-bond donors (Lipinski definition) is 1. The summed E-state index contributed by atoms with van der Waals surface area (Å²) >= 11 is 6.16. The van der Waals surface area contributed by atoms with Gasteiger partial charge in [0.1, 0.15) is 6.54 Å². The highest BCUT2D eigenvalue weighted by Crippen LogP contribution is 2.43. The zero-order valence-corrected chi connectivity index (χ0v) is 17.5. The number of carbonyl (C=O) groups is 1. The van der Waals surface area contributed by atoms with Gasteiger partial charge in [0, 0.05) is 21.8 Å². The lowest BCUT2D eigenvalue weighted by molar-refractivity contribution is -0.114. The highest BCUT2D eigenvalue weighted by molar-refractivity contribution is 7.93. The molecule has 1 amide bonds. The van der Waals surface area contributed by atoms with Crippen LogP contribution in [0.4, 0.5) is 11.4 Å². The molecule has 148 valence electrons. The van der Waals surface area contributed by atoms with E-state index in [0.29, 0.717) is 27.5 Å². The van der Waals surface area contributed by atoms with E-state index in [2.05, 4.69) is 5.32 Å². The van der Waals surface area contributed by atoms with E-state index >= 15 is 0 Å². The Morgan fingerprint density at radius 3 is 2.52 bits per heavy atom. The van der Waals surface area contributed by atoms with Gasteiger partial charge in [-0.1, -0.05) is 47.5 Å². The predicted molar refractivity (Wildman–Crippen MR) is 116 cm³/mol. The van der Waals surface area contributed by atoms with Crippen molar-refractivity contribution < 1.29 is 13.2 Å². The summed E-state index contributed by atoms with van der Waals surface area (Å²) in [7, 11) is -3.88. The Balaban J connectivity index is 1.73. The maximum absolute atomic E-state index is 13.3. The normalized spacial score (nSPS) is 14.1. The number of aryl methyl sites for hydroxylation is 2. The van der Waals surface area contributed by atoms with Crippen LogP contribution in [0.2, 0.25) is 5.02 Å². The van der Waals surface area contributed by atoms with E-state index in [4.69, 9.17) is 11.6 Å². The minimum atomic E-state index is -3.88. The summed E-state index contributed by atoms with van der Waals surface area (Å²) in [5.41, 5.74) is 4.35. The maximum atomic E-state index is 13.3. The van der Waals surface area contributed by atoms with Gasteiger partial charge in [-0.15, -0.1) is 0 Å². The number of sulfonamides is 1. The van der Waals surface area contributed by atoms with Crippen LogP contribution in [0, 0.1) is 13.8 Å². The van der Waals surface area contributed by atoms with Crippen LogP contribution in [0.5, 0.6) is 0 Å². The third-order valence-electron chi connectivity index (χ3n) is 4.92. The number of nitrogens with zero attached hydrogens (tertiary/aromatic N) is 1. The number of benzene rings is 3. The molecule has 0 fully saturated rings. The first-order valence-electron chi connectivity index (χ1n) is 9.06. The van der Waals surface area contributed by atoms with Crippen LogP contribution in [0.3, 0.4) is 0 Å². The average molecular weight is 427 g/mol. The first-order chi connectivity index (χ1) is 13.8. The molecule has 0 atom stereocenters. The molecule has 3 aromatic carbocycles. The zero-order chi connectivity index (χ0) is 20.8. The maximum Gasteiger partial charge on any atom is 0.265 e. The summed E-state index contributed by atoms with van der Waals surface area (Å²) in [4.78, 5) is 12.9. The number of carbonyl (C=O) groups excluding carboxylic acids is 1. The standard InChI is InChI=1S/C22H19ClN2O3S/c1-14-7-9-19(15(2)11-14)24-22(26)13-25-20-10-8-16(23)12-18(20)17-5-3-4-6-21(17)29(25,27)28/h3-12H,13H2,1-2H3,(H,24,26). The fraction of sp³-hybridized carbons (Fsp3) is 0.136. The van der Waals surface area contributed by atoms with Crippen molar-refractivity contribution in [2.45, 2.75) is 18.7 Å². The predicted octanol–water partition coefficient (Wildman–Crippen LogP) is 4.77. The fourth-order valence-electron chi connectivity index (χ4n) is 3.55. The fourth-order valence-corrected chi connectivity index (χ4v) is 5.37. The van der Waals surface area contributed by atoms with Crippen molar-refractivity contribution in [3.05, 3.63) is 76.8 Å². The molecule has 0 saturated heterocycles. The van der Waals surface area contributed by atoms with E-state index in [1.807, 2.05) is 32.0 Å². The molecule has 29 heavy (non-hydrogen) atoms. The van der Waals surface area contributed by atoms with Crippen LogP contribution in [0.15, 0.2) is 65.6 Å². The molecule has 0 bridgehead atoms. The lowest BCUT2D eigenvalue weighted by atomic mass is 10.0. The Hall–Kier alpha value is -2.83. The number of amides is 1.